The van der Waals surface area contributed by atoms with Crippen LogP contribution >= 0.6 is 0 Å². The molecule has 0 aromatic carbocycles. The zero-order valence-electron chi connectivity index (χ0n) is 11.5. The highest BCUT2D eigenvalue weighted by Crippen LogP contribution is 2.33. The first-order valence-electron chi connectivity index (χ1n) is 7.34. The van der Waals surface area contributed by atoms with Gasteiger partial charge in [-0.2, -0.15) is 0 Å². The van der Waals surface area contributed by atoms with Gasteiger partial charge in [0.2, 0.25) is 5.91 Å². The van der Waals surface area contributed by atoms with E-state index in [9.17, 15) is 4.79 Å². The topological polar surface area (TPSA) is 72.3 Å². The maximum absolute atomic E-state index is 11.4. The Labute approximate surface area is 110 Å². The number of rotatable bonds is 3. The van der Waals surface area contributed by atoms with E-state index in [4.69, 9.17) is 11.5 Å². The molecular weight excluding hydrogens is 226 g/mol. The third-order valence-corrected chi connectivity index (χ3v) is 4.99. The van der Waals surface area contributed by atoms with Crippen LogP contribution in [0.15, 0.2) is 0 Å². The maximum atomic E-state index is 11.4. The van der Waals surface area contributed by atoms with Gasteiger partial charge in [-0.25, -0.2) is 0 Å². The molecular formula is C14H27N3O. The number of nitrogens with zero attached hydrogens (tertiary/aromatic N) is 1. The molecule has 2 aliphatic rings. The normalized spacial score (nSPS) is 34.7. The Morgan fingerprint density at radius 3 is 2.22 bits per heavy atom. The summed E-state index contributed by atoms with van der Waals surface area (Å²) in [5.74, 6) is -0.334. The molecule has 2 rings (SSSR count). The van der Waals surface area contributed by atoms with Crippen molar-refractivity contribution in [3.63, 3.8) is 0 Å². The van der Waals surface area contributed by atoms with E-state index in [1.165, 1.54) is 38.5 Å². The summed E-state index contributed by atoms with van der Waals surface area (Å²) in [5.41, 5.74) is 10.7. The van der Waals surface area contributed by atoms with Crippen molar-refractivity contribution in [1.82, 2.24) is 4.90 Å². The number of nitrogens with two attached hydrogens (primary N) is 2. The van der Waals surface area contributed by atoms with Crippen LogP contribution in [0.2, 0.25) is 0 Å². The lowest BCUT2D eigenvalue weighted by molar-refractivity contribution is -0.123. The molecule has 2 fully saturated rings. The molecule has 18 heavy (non-hydrogen) atoms. The minimum atomic E-state index is -0.760. The second kappa shape index (κ2) is 5.57. The second-order valence-corrected chi connectivity index (χ2v) is 6.23. The molecule has 0 bridgehead atoms. The molecule has 0 aliphatic heterocycles. The van der Waals surface area contributed by atoms with Crippen LogP contribution in [0, 0.1) is 0 Å². The van der Waals surface area contributed by atoms with Crippen molar-refractivity contribution in [3.05, 3.63) is 0 Å². The van der Waals surface area contributed by atoms with Gasteiger partial charge in [0.1, 0.15) is 0 Å². The average Bonchev–Trinajstić information content (AvgIpc) is 2.59. The van der Waals surface area contributed by atoms with E-state index in [1.807, 2.05) is 0 Å². The molecule has 2 atom stereocenters. The van der Waals surface area contributed by atoms with E-state index in [0.29, 0.717) is 12.1 Å². The molecule has 2 saturated carbocycles. The van der Waals surface area contributed by atoms with Crippen LogP contribution in [0.25, 0.3) is 0 Å². The quantitative estimate of drug-likeness (QED) is 0.746. The van der Waals surface area contributed by atoms with Gasteiger partial charge < -0.3 is 16.4 Å². The fourth-order valence-corrected chi connectivity index (χ4v) is 3.58. The van der Waals surface area contributed by atoms with Crippen LogP contribution in [0.5, 0.6) is 0 Å². The van der Waals surface area contributed by atoms with Gasteiger partial charge in [0.05, 0.1) is 5.54 Å². The summed E-state index contributed by atoms with van der Waals surface area (Å²) in [4.78, 5) is 13.9. The van der Waals surface area contributed by atoms with E-state index in [2.05, 4.69) is 11.9 Å². The Bertz CT molecular complexity index is 299. The monoisotopic (exact) mass is 253 g/mol. The van der Waals surface area contributed by atoms with Gasteiger partial charge >= 0.3 is 0 Å². The van der Waals surface area contributed by atoms with E-state index in [0.717, 1.165) is 19.3 Å². The standard InChI is InChI=1S/C14H27N3O/c1-17(11-6-4-2-3-5-7-11)12-8-9-14(16,10-12)13(15)18/h11-12H,2-10,16H2,1H3,(H2,15,18). The molecule has 0 aromatic heterocycles. The van der Waals surface area contributed by atoms with Gasteiger partial charge in [-0.05, 0) is 39.2 Å². The maximum Gasteiger partial charge on any atom is 0.237 e. The number of amides is 1. The molecule has 4 N–H and O–H groups in total. The van der Waals surface area contributed by atoms with Crippen molar-refractivity contribution >= 4 is 5.91 Å². The number of primary amides is 1. The zero-order chi connectivity index (χ0) is 13.2. The Hall–Kier alpha value is -0.610. The minimum Gasteiger partial charge on any atom is -0.368 e. The van der Waals surface area contributed by atoms with Crippen molar-refractivity contribution in [2.45, 2.75) is 75.4 Å². The van der Waals surface area contributed by atoms with Crippen molar-refractivity contribution in [2.75, 3.05) is 7.05 Å². The van der Waals surface area contributed by atoms with E-state index in [-0.39, 0.29) is 5.91 Å². The van der Waals surface area contributed by atoms with Crippen molar-refractivity contribution < 1.29 is 4.79 Å². The van der Waals surface area contributed by atoms with Gasteiger partial charge in [0.15, 0.2) is 0 Å². The summed E-state index contributed by atoms with van der Waals surface area (Å²) >= 11 is 0. The number of hydrogen-bond donors (Lipinski definition) is 2. The summed E-state index contributed by atoms with van der Waals surface area (Å²) in [6.45, 7) is 0. The van der Waals surface area contributed by atoms with Crippen LogP contribution in [-0.2, 0) is 4.79 Å². The lowest BCUT2D eigenvalue weighted by Crippen LogP contribution is -2.51. The highest BCUT2D eigenvalue weighted by atomic mass is 16.1. The first-order chi connectivity index (χ1) is 8.53. The van der Waals surface area contributed by atoms with Crippen LogP contribution in [0.4, 0.5) is 0 Å². The van der Waals surface area contributed by atoms with E-state index < -0.39 is 5.54 Å². The van der Waals surface area contributed by atoms with Crippen LogP contribution in [-0.4, -0.2) is 35.5 Å². The predicted octanol–water partition coefficient (Wildman–Crippen LogP) is 1.38. The average molecular weight is 253 g/mol. The molecule has 2 aliphatic carbocycles. The molecule has 0 aromatic rings. The predicted molar refractivity (Wildman–Crippen MR) is 73.0 cm³/mol. The molecule has 0 saturated heterocycles. The number of carbonyl (C=O) groups is 1. The number of hydrogen-bond acceptors (Lipinski definition) is 3. The SMILES string of the molecule is CN(C1CCCCCC1)C1CCC(N)(C(N)=O)C1. The summed E-state index contributed by atoms with van der Waals surface area (Å²) in [6.07, 6.45) is 10.5. The molecule has 4 nitrogen and oxygen atoms in total. The lowest BCUT2D eigenvalue weighted by atomic mass is 9.97. The fourth-order valence-electron chi connectivity index (χ4n) is 3.58. The van der Waals surface area contributed by atoms with Crippen molar-refractivity contribution in [2.24, 2.45) is 11.5 Å². The molecule has 0 heterocycles. The highest BCUT2D eigenvalue weighted by Gasteiger charge is 2.42. The molecule has 104 valence electrons. The van der Waals surface area contributed by atoms with E-state index in [1.54, 1.807) is 0 Å². The third-order valence-electron chi connectivity index (χ3n) is 4.99. The Morgan fingerprint density at radius 1 is 1.11 bits per heavy atom. The third kappa shape index (κ3) is 2.86. The van der Waals surface area contributed by atoms with Gasteiger partial charge in [0.25, 0.3) is 0 Å². The van der Waals surface area contributed by atoms with Gasteiger partial charge in [0, 0.05) is 12.1 Å². The van der Waals surface area contributed by atoms with Gasteiger partial charge in [-0.3, -0.25) is 4.79 Å². The van der Waals surface area contributed by atoms with Crippen molar-refractivity contribution in [3.8, 4) is 0 Å². The van der Waals surface area contributed by atoms with Crippen LogP contribution in [0.3, 0.4) is 0 Å². The molecule has 4 heteroatoms. The molecule has 2 unspecified atom stereocenters. The Morgan fingerprint density at radius 2 is 1.72 bits per heavy atom. The second-order valence-electron chi connectivity index (χ2n) is 6.23. The summed E-state index contributed by atoms with van der Waals surface area (Å²) < 4.78 is 0. The van der Waals surface area contributed by atoms with Gasteiger partial charge in [-0.1, -0.05) is 25.7 Å². The minimum absolute atomic E-state index is 0.334. The Balaban J connectivity index is 1.93. The first kappa shape index (κ1) is 13.8. The van der Waals surface area contributed by atoms with Crippen molar-refractivity contribution in [1.29, 1.82) is 0 Å². The summed E-state index contributed by atoms with van der Waals surface area (Å²) in [6, 6.07) is 1.11. The molecule has 1 amide bonds. The fraction of sp³-hybridized carbons (Fsp3) is 0.929. The molecule has 0 radical (unpaired) electrons. The van der Waals surface area contributed by atoms with Crippen LogP contribution in [0.1, 0.15) is 57.8 Å². The smallest absolute Gasteiger partial charge is 0.237 e. The first-order valence-corrected chi connectivity index (χ1v) is 7.34. The highest BCUT2D eigenvalue weighted by molar-refractivity contribution is 5.84. The molecule has 0 spiro atoms. The van der Waals surface area contributed by atoms with E-state index >= 15 is 0 Å². The summed E-state index contributed by atoms with van der Waals surface area (Å²) in [7, 11) is 2.20. The largest absolute Gasteiger partial charge is 0.368 e. The Kier molecular flexibility index (Phi) is 4.28. The summed E-state index contributed by atoms with van der Waals surface area (Å²) in [5, 5.41) is 0. The van der Waals surface area contributed by atoms with Crippen LogP contribution < -0.4 is 11.5 Å². The number of carbonyl (C=O) groups excluding carboxylic acids is 1. The zero-order valence-corrected chi connectivity index (χ0v) is 11.5. The lowest BCUT2D eigenvalue weighted by Gasteiger charge is -2.33. The van der Waals surface area contributed by atoms with Gasteiger partial charge in [-0.15, -0.1) is 0 Å².